The van der Waals surface area contributed by atoms with Crippen molar-refractivity contribution in [3.05, 3.63) is 47.4 Å². The number of benzene rings is 1. The molecule has 0 aliphatic carbocycles. The van der Waals surface area contributed by atoms with Gasteiger partial charge in [-0.25, -0.2) is 4.39 Å². The molecule has 23 heavy (non-hydrogen) atoms. The molecule has 0 unspecified atom stereocenters. The molecule has 0 amide bonds. The summed E-state index contributed by atoms with van der Waals surface area (Å²) in [4.78, 5) is 2.26. The van der Waals surface area contributed by atoms with Gasteiger partial charge >= 0.3 is 0 Å². The van der Waals surface area contributed by atoms with Gasteiger partial charge in [-0.05, 0) is 42.5 Å². The van der Waals surface area contributed by atoms with Gasteiger partial charge in [-0.1, -0.05) is 19.1 Å². The average molecular weight is 312 g/mol. The van der Waals surface area contributed by atoms with Gasteiger partial charge in [0.25, 0.3) is 0 Å². The van der Waals surface area contributed by atoms with Crippen LogP contribution in [0.4, 0.5) is 15.9 Å². The molecule has 0 radical (unpaired) electrons. The Morgan fingerprint density at radius 2 is 1.91 bits per heavy atom. The van der Waals surface area contributed by atoms with E-state index in [-0.39, 0.29) is 5.82 Å². The predicted molar refractivity (Wildman–Crippen MR) is 89.7 cm³/mol. The Morgan fingerprint density at radius 3 is 2.52 bits per heavy atom. The maximum atomic E-state index is 13.1. The molecular formula is C18H21FN4. The third-order valence-electron chi connectivity index (χ3n) is 4.55. The second-order valence-electron chi connectivity index (χ2n) is 6.30. The predicted octanol–water partition coefficient (Wildman–Crippen LogP) is 3.37. The molecule has 1 aromatic carbocycles. The van der Waals surface area contributed by atoms with Gasteiger partial charge in [-0.15, -0.1) is 0 Å². The second-order valence-corrected chi connectivity index (χ2v) is 6.30. The molecular weight excluding hydrogens is 291 g/mol. The van der Waals surface area contributed by atoms with Gasteiger partial charge in [-0.3, -0.25) is 0 Å². The summed E-state index contributed by atoms with van der Waals surface area (Å²) >= 11 is 0. The fraction of sp³-hybridized carbons (Fsp3) is 0.389. The van der Waals surface area contributed by atoms with E-state index in [1.165, 1.54) is 12.1 Å². The maximum absolute atomic E-state index is 13.1. The summed E-state index contributed by atoms with van der Waals surface area (Å²) < 4.78 is 15.0. The zero-order valence-electron chi connectivity index (χ0n) is 13.3. The van der Waals surface area contributed by atoms with Gasteiger partial charge in [0.2, 0.25) is 0 Å². The minimum Gasteiger partial charge on any atom is -0.396 e. The lowest BCUT2D eigenvalue weighted by atomic mass is 9.99. The zero-order chi connectivity index (χ0) is 16.4. The molecule has 1 aliphatic rings. The summed E-state index contributed by atoms with van der Waals surface area (Å²) in [5.41, 5.74) is 8.32. The van der Waals surface area contributed by atoms with Gasteiger partial charge in [0.05, 0.1) is 12.2 Å². The first-order valence-electron chi connectivity index (χ1n) is 7.97. The standard InChI is InChI=1S/C18H21FN4/c1-13-6-8-22(9-7-13)18-17(21)10-16(11-20)23(18)12-14-2-4-15(19)5-3-14/h2-5,10,13H,6-9,12,21H2,1H3. The number of nitrogens with two attached hydrogens (primary N) is 1. The Kier molecular flexibility index (Phi) is 4.24. The molecule has 0 atom stereocenters. The lowest BCUT2D eigenvalue weighted by Gasteiger charge is -2.33. The Morgan fingerprint density at radius 1 is 1.26 bits per heavy atom. The number of piperidine rings is 1. The van der Waals surface area contributed by atoms with Gasteiger partial charge in [0.15, 0.2) is 0 Å². The molecule has 1 aliphatic heterocycles. The number of anilines is 2. The van der Waals surface area contributed by atoms with Crippen molar-refractivity contribution in [3.8, 4) is 6.07 Å². The monoisotopic (exact) mass is 312 g/mol. The molecule has 1 fully saturated rings. The van der Waals surface area contributed by atoms with Crippen LogP contribution < -0.4 is 10.6 Å². The van der Waals surface area contributed by atoms with Crippen LogP contribution in [-0.4, -0.2) is 17.7 Å². The molecule has 120 valence electrons. The highest BCUT2D eigenvalue weighted by Gasteiger charge is 2.23. The summed E-state index contributed by atoms with van der Waals surface area (Å²) in [5.74, 6) is 1.38. The van der Waals surface area contributed by atoms with Crippen LogP contribution in [-0.2, 0) is 6.54 Å². The number of nitriles is 1. The van der Waals surface area contributed by atoms with Crippen LogP contribution in [0.2, 0.25) is 0 Å². The SMILES string of the molecule is CC1CCN(c2c(N)cc(C#N)n2Cc2ccc(F)cc2)CC1. The minimum absolute atomic E-state index is 0.258. The Bertz CT molecular complexity index is 719. The highest BCUT2D eigenvalue weighted by molar-refractivity contribution is 5.68. The summed E-state index contributed by atoms with van der Waals surface area (Å²) in [5, 5.41) is 9.41. The van der Waals surface area contributed by atoms with Crippen molar-refractivity contribution in [2.75, 3.05) is 23.7 Å². The molecule has 2 heterocycles. The van der Waals surface area contributed by atoms with E-state index >= 15 is 0 Å². The smallest absolute Gasteiger partial charge is 0.133 e. The molecule has 3 rings (SSSR count). The van der Waals surface area contributed by atoms with Crippen molar-refractivity contribution in [2.24, 2.45) is 5.92 Å². The molecule has 0 spiro atoms. The summed E-state index contributed by atoms with van der Waals surface area (Å²) in [6, 6.07) is 10.3. The molecule has 2 aromatic rings. The van der Waals surface area contributed by atoms with E-state index in [4.69, 9.17) is 5.73 Å². The fourth-order valence-electron chi connectivity index (χ4n) is 3.16. The largest absolute Gasteiger partial charge is 0.396 e. The van der Waals surface area contributed by atoms with Crippen molar-refractivity contribution in [1.29, 1.82) is 5.26 Å². The summed E-state index contributed by atoms with van der Waals surface area (Å²) in [6.07, 6.45) is 2.26. The van der Waals surface area contributed by atoms with E-state index in [9.17, 15) is 9.65 Å². The number of hydrogen-bond donors (Lipinski definition) is 1. The molecule has 1 aromatic heterocycles. The van der Waals surface area contributed by atoms with E-state index in [1.54, 1.807) is 18.2 Å². The summed E-state index contributed by atoms with van der Waals surface area (Å²) in [6.45, 7) is 4.67. The van der Waals surface area contributed by atoms with Crippen LogP contribution in [0, 0.1) is 23.1 Å². The summed E-state index contributed by atoms with van der Waals surface area (Å²) in [7, 11) is 0. The first-order chi connectivity index (χ1) is 11.1. The van der Waals surface area contributed by atoms with Crippen LogP contribution in [0.1, 0.15) is 31.0 Å². The third kappa shape index (κ3) is 3.16. The molecule has 0 saturated carbocycles. The number of nitrogens with zero attached hydrogens (tertiary/aromatic N) is 3. The molecule has 0 bridgehead atoms. The van der Waals surface area contributed by atoms with Crippen LogP contribution in [0.15, 0.2) is 30.3 Å². The van der Waals surface area contributed by atoms with Crippen LogP contribution >= 0.6 is 0 Å². The first kappa shape index (κ1) is 15.4. The topological polar surface area (TPSA) is 58.0 Å². The lowest BCUT2D eigenvalue weighted by molar-refractivity contribution is 0.434. The number of nitrogen functional groups attached to an aromatic ring is 1. The van der Waals surface area contributed by atoms with Crippen LogP contribution in [0.5, 0.6) is 0 Å². The quantitative estimate of drug-likeness (QED) is 0.945. The van der Waals surface area contributed by atoms with Gasteiger partial charge in [0.1, 0.15) is 23.4 Å². The normalized spacial score (nSPS) is 15.6. The van der Waals surface area contributed by atoms with Crippen molar-refractivity contribution >= 4 is 11.5 Å². The second kappa shape index (κ2) is 6.33. The van der Waals surface area contributed by atoms with Gasteiger partial charge < -0.3 is 15.2 Å². The molecule has 4 nitrogen and oxygen atoms in total. The number of halogens is 1. The van der Waals surface area contributed by atoms with Crippen molar-refractivity contribution in [3.63, 3.8) is 0 Å². The van der Waals surface area contributed by atoms with E-state index in [0.717, 1.165) is 43.2 Å². The van der Waals surface area contributed by atoms with Crippen LogP contribution in [0.25, 0.3) is 0 Å². The highest BCUT2D eigenvalue weighted by Crippen LogP contribution is 2.32. The minimum atomic E-state index is -0.258. The lowest BCUT2D eigenvalue weighted by Crippen LogP contribution is -2.35. The fourth-order valence-corrected chi connectivity index (χ4v) is 3.16. The van der Waals surface area contributed by atoms with E-state index in [1.807, 2.05) is 4.57 Å². The van der Waals surface area contributed by atoms with E-state index < -0.39 is 0 Å². The Balaban J connectivity index is 1.94. The Hall–Kier alpha value is -2.48. The van der Waals surface area contributed by atoms with E-state index in [2.05, 4.69) is 17.9 Å². The average Bonchev–Trinajstić information content (AvgIpc) is 2.86. The first-order valence-corrected chi connectivity index (χ1v) is 7.97. The highest BCUT2D eigenvalue weighted by atomic mass is 19.1. The molecule has 5 heteroatoms. The molecule has 2 N–H and O–H groups in total. The molecule has 1 saturated heterocycles. The van der Waals surface area contributed by atoms with Crippen LogP contribution in [0.3, 0.4) is 0 Å². The van der Waals surface area contributed by atoms with E-state index in [0.29, 0.717) is 17.9 Å². The number of rotatable bonds is 3. The van der Waals surface area contributed by atoms with Crippen molar-refractivity contribution in [2.45, 2.75) is 26.3 Å². The van der Waals surface area contributed by atoms with Gasteiger partial charge in [-0.2, -0.15) is 5.26 Å². The van der Waals surface area contributed by atoms with Crippen molar-refractivity contribution in [1.82, 2.24) is 4.57 Å². The van der Waals surface area contributed by atoms with Crippen molar-refractivity contribution < 1.29 is 4.39 Å². The number of aromatic nitrogens is 1. The maximum Gasteiger partial charge on any atom is 0.133 e. The Labute approximate surface area is 135 Å². The zero-order valence-corrected chi connectivity index (χ0v) is 13.3. The van der Waals surface area contributed by atoms with Gasteiger partial charge in [0, 0.05) is 13.1 Å². The third-order valence-corrected chi connectivity index (χ3v) is 4.55. The number of hydrogen-bond acceptors (Lipinski definition) is 3.